The normalized spacial score (nSPS) is 11.4. The molecule has 0 unspecified atom stereocenters. The van der Waals surface area contributed by atoms with E-state index < -0.39 is 0 Å². The van der Waals surface area contributed by atoms with Crippen molar-refractivity contribution in [3.63, 3.8) is 0 Å². The first kappa shape index (κ1) is 16.2. The second-order valence-corrected chi connectivity index (χ2v) is 6.19. The fraction of sp³-hybridized carbons (Fsp3) is 0.316. The van der Waals surface area contributed by atoms with E-state index in [4.69, 9.17) is 0 Å². The maximum absolute atomic E-state index is 12.1. The SMILES string of the molecule is CC(C)(CCc1ccc(O)cc1)NCC(=O)c1ccccc1. The second kappa shape index (κ2) is 7.23. The van der Waals surface area contributed by atoms with Gasteiger partial charge in [0.25, 0.3) is 0 Å². The summed E-state index contributed by atoms with van der Waals surface area (Å²) in [5.74, 6) is 0.396. The van der Waals surface area contributed by atoms with Gasteiger partial charge in [0, 0.05) is 11.1 Å². The highest BCUT2D eigenvalue weighted by molar-refractivity contribution is 5.97. The molecule has 3 nitrogen and oxygen atoms in total. The highest BCUT2D eigenvalue weighted by Crippen LogP contribution is 2.16. The van der Waals surface area contributed by atoms with E-state index in [1.54, 1.807) is 12.1 Å². The van der Waals surface area contributed by atoms with Gasteiger partial charge in [-0.3, -0.25) is 4.79 Å². The number of phenolic OH excluding ortho intramolecular Hbond substituents is 1. The van der Waals surface area contributed by atoms with E-state index in [9.17, 15) is 9.90 Å². The van der Waals surface area contributed by atoms with Crippen LogP contribution in [0.15, 0.2) is 54.6 Å². The van der Waals surface area contributed by atoms with Crippen LogP contribution in [0.1, 0.15) is 36.2 Å². The number of hydrogen-bond donors (Lipinski definition) is 2. The average molecular weight is 297 g/mol. The third-order valence-corrected chi connectivity index (χ3v) is 3.80. The predicted octanol–water partition coefficient (Wildman–Crippen LogP) is 3.58. The maximum atomic E-state index is 12.1. The van der Waals surface area contributed by atoms with Crippen LogP contribution in [0.2, 0.25) is 0 Å². The smallest absolute Gasteiger partial charge is 0.176 e. The molecule has 0 bridgehead atoms. The summed E-state index contributed by atoms with van der Waals surface area (Å²) in [4.78, 5) is 12.1. The molecular weight excluding hydrogens is 274 g/mol. The summed E-state index contributed by atoms with van der Waals surface area (Å²) in [5, 5.41) is 12.6. The van der Waals surface area contributed by atoms with Gasteiger partial charge in [-0.15, -0.1) is 0 Å². The summed E-state index contributed by atoms with van der Waals surface area (Å²) in [7, 11) is 0. The molecule has 0 spiro atoms. The Bertz CT molecular complexity index is 603. The number of hydrogen-bond acceptors (Lipinski definition) is 3. The van der Waals surface area contributed by atoms with Crippen LogP contribution in [0.3, 0.4) is 0 Å². The van der Waals surface area contributed by atoms with Crippen LogP contribution in [-0.2, 0) is 6.42 Å². The molecule has 2 aromatic carbocycles. The maximum Gasteiger partial charge on any atom is 0.176 e. The summed E-state index contributed by atoms with van der Waals surface area (Å²) in [5.41, 5.74) is 1.80. The Morgan fingerprint density at radius 1 is 1.05 bits per heavy atom. The van der Waals surface area contributed by atoms with Crippen molar-refractivity contribution in [3.8, 4) is 5.75 Å². The summed E-state index contributed by atoms with van der Waals surface area (Å²) in [6.45, 7) is 4.55. The molecule has 0 aromatic heterocycles. The summed E-state index contributed by atoms with van der Waals surface area (Å²) >= 11 is 0. The number of aryl methyl sites for hydroxylation is 1. The number of carbonyl (C=O) groups excluding carboxylic acids is 1. The zero-order valence-corrected chi connectivity index (χ0v) is 13.2. The van der Waals surface area contributed by atoms with E-state index in [1.807, 2.05) is 42.5 Å². The van der Waals surface area contributed by atoms with Crippen LogP contribution in [-0.4, -0.2) is 23.0 Å². The molecular formula is C19H23NO2. The minimum atomic E-state index is -0.123. The van der Waals surface area contributed by atoms with Gasteiger partial charge in [0.1, 0.15) is 5.75 Å². The lowest BCUT2D eigenvalue weighted by Gasteiger charge is -2.26. The number of ketones is 1. The lowest BCUT2D eigenvalue weighted by Crippen LogP contribution is -2.42. The molecule has 0 aliphatic rings. The molecule has 0 amide bonds. The monoisotopic (exact) mass is 297 g/mol. The van der Waals surface area contributed by atoms with Crippen molar-refractivity contribution >= 4 is 5.78 Å². The molecule has 0 aliphatic carbocycles. The Hall–Kier alpha value is -2.13. The van der Waals surface area contributed by atoms with Crippen molar-refractivity contribution < 1.29 is 9.90 Å². The molecule has 0 fully saturated rings. The van der Waals surface area contributed by atoms with Gasteiger partial charge < -0.3 is 10.4 Å². The quantitative estimate of drug-likeness (QED) is 0.768. The van der Waals surface area contributed by atoms with E-state index in [-0.39, 0.29) is 17.1 Å². The molecule has 22 heavy (non-hydrogen) atoms. The molecule has 0 heterocycles. The van der Waals surface area contributed by atoms with Crippen molar-refractivity contribution in [3.05, 3.63) is 65.7 Å². The van der Waals surface area contributed by atoms with Crippen molar-refractivity contribution in [2.45, 2.75) is 32.2 Å². The van der Waals surface area contributed by atoms with Crippen LogP contribution >= 0.6 is 0 Å². The van der Waals surface area contributed by atoms with Crippen molar-refractivity contribution in [1.82, 2.24) is 5.32 Å². The molecule has 0 aliphatic heterocycles. The highest BCUT2D eigenvalue weighted by atomic mass is 16.3. The number of benzene rings is 2. The lowest BCUT2D eigenvalue weighted by molar-refractivity contribution is 0.0979. The van der Waals surface area contributed by atoms with Gasteiger partial charge in [-0.2, -0.15) is 0 Å². The van der Waals surface area contributed by atoms with Gasteiger partial charge in [0.15, 0.2) is 5.78 Å². The third-order valence-electron chi connectivity index (χ3n) is 3.80. The van der Waals surface area contributed by atoms with Gasteiger partial charge >= 0.3 is 0 Å². The molecule has 0 atom stereocenters. The van der Waals surface area contributed by atoms with Gasteiger partial charge in [0.2, 0.25) is 0 Å². The predicted molar refractivity (Wildman–Crippen MR) is 89.3 cm³/mol. The van der Waals surface area contributed by atoms with E-state index in [0.717, 1.165) is 18.4 Å². The minimum Gasteiger partial charge on any atom is -0.508 e. The largest absolute Gasteiger partial charge is 0.508 e. The Balaban J connectivity index is 1.83. The standard InChI is InChI=1S/C19H23NO2/c1-19(2,13-12-15-8-10-17(21)11-9-15)20-14-18(22)16-6-4-3-5-7-16/h3-11,20-21H,12-14H2,1-2H3. The number of aromatic hydroxyl groups is 1. The summed E-state index contributed by atoms with van der Waals surface area (Å²) < 4.78 is 0. The highest BCUT2D eigenvalue weighted by Gasteiger charge is 2.18. The van der Waals surface area contributed by atoms with Crippen LogP contribution < -0.4 is 5.32 Å². The van der Waals surface area contributed by atoms with Gasteiger partial charge in [-0.25, -0.2) is 0 Å². The number of Topliss-reactive ketones (excluding diaryl/α,β-unsaturated/α-hetero) is 1. The molecule has 2 rings (SSSR count). The molecule has 3 heteroatoms. The Morgan fingerprint density at radius 3 is 2.32 bits per heavy atom. The number of rotatable bonds is 7. The van der Waals surface area contributed by atoms with Gasteiger partial charge in [0.05, 0.1) is 6.54 Å². The van der Waals surface area contributed by atoms with Crippen LogP contribution in [0.4, 0.5) is 0 Å². The Morgan fingerprint density at radius 2 is 1.68 bits per heavy atom. The first-order valence-corrected chi connectivity index (χ1v) is 7.57. The van der Waals surface area contributed by atoms with Gasteiger partial charge in [-0.1, -0.05) is 42.5 Å². The van der Waals surface area contributed by atoms with Crippen LogP contribution in [0, 0.1) is 0 Å². The van der Waals surface area contributed by atoms with Crippen molar-refractivity contribution in [2.75, 3.05) is 6.54 Å². The first-order chi connectivity index (χ1) is 10.5. The molecule has 0 saturated heterocycles. The zero-order valence-electron chi connectivity index (χ0n) is 13.2. The molecule has 0 saturated carbocycles. The van der Waals surface area contributed by atoms with E-state index in [2.05, 4.69) is 19.2 Å². The van der Waals surface area contributed by atoms with Crippen molar-refractivity contribution in [2.24, 2.45) is 0 Å². The topological polar surface area (TPSA) is 49.3 Å². The first-order valence-electron chi connectivity index (χ1n) is 7.57. The molecule has 116 valence electrons. The van der Waals surface area contributed by atoms with E-state index in [1.165, 1.54) is 5.56 Å². The number of phenols is 1. The fourth-order valence-corrected chi connectivity index (χ4v) is 2.25. The van der Waals surface area contributed by atoms with Crippen LogP contribution in [0.5, 0.6) is 5.75 Å². The number of nitrogens with one attached hydrogen (secondary N) is 1. The fourth-order valence-electron chi connectivity index (χ4n) is 2.25. The zero-order chi connectivity index (χ0) is 16.0. The van der Waals surface area contributed by atoms with E-state index in [0.29, 0.717) is 6.54 Å². The lowest BCUT2D eigenvalue weighted by atomic mass is 9.95. The van der Waals surface area contributed by atoms with Gasteiger partial charge in [-0.05, 0) is 44.4 Å². The third kappa shape index (κ3) is 5.01. The average Bonchev–Trinajstić information content (AvgIpc) is 2.53. The minimum absolute atomic E-state index is 0.110. The van der Waals surface area contributed by atoms with E-state index >= 15 is 0 Å². The summed E-state index contributed by atoms with van der Waals surface area (Å²) in [6.07, 6.45) is 1.82. The Labute approximate surface area is 132 Å². The number of carbonyl (C=O) groups is 1. The molecule has 0 radical (unpaired) electrons. The molecule has 2 aromatic rings. The summed E-state index contributed by atoms with van der Waals surface area (Å²) in [6, 6.07) is 16.6. The second-order valence-electron chi connectivity index (χ2n) is 6.19. The molecule has 2 N–H and O–H groups in total. The Kier molecular flexibility index (Phi) is 5.34. The van der Waals surface area contributed by atoms with Crippen molar-refractivity contribution in [1.29, 1.82) is 0 Å². The van der Waals surface area contributed by atoms with Crippen LogP contribution in [0.25, 0.3) is 0 Å².